The van der Waals surface area contributed by atoms with E-state index in [0.717, 1.165) is 31.5 Å². The van der Waals surface area contributed by atoms with Crippen molar-refractivity contribution < 1.29 is 27.5 Å². The molecule has 46 heavy (non-hydrogen) atoms. The Morgan fingerprint density at radius 2 is 1.59 bits per heavy atom. The predicted molar refractivity (Wildman–Crippen MR) is 179 cm³/mol. The lowest BCUT2D eigenvalue weighted by Gasteiger charge is -2.42. The highest BCUT2D eigenvalue weighted by atomic mass is 35.5. The summed E-state index contributed by atoms with van der Waals surface area (Å²) in [5, 5.41) is -0.299. The number of methoxy groups -OCH3 is 1. The van der Waals surface area contributed by atoms with E-state index in [2.05, 4.69) is 21.8 Å². The zero-order chi connectivity index (χ0) is 31.1. The SMILES string of the molecule is COc1ccccc1C1(OC(=O)N2CCN(C3CCN(C)CC3)CC2)C(=O)N(S(=O)(=O)c2ccccn2)c2ccc(C)cc21.Cl.Cl. The van der Waals surface area contributed by atoms with E-state index in [9.17, 15) is 18.0 Å². The number of amides is 2. The summed E-state index contributed by atoms with van der Waals surface area (Å²) in [6, 6.07) is 16.6. The number of likely N-dealkylation sites (tertiary alicyclic amines) is 1. The van der Waals surface area contributed by atoms with Crippen LogP contribution in [0, 0.1) is 6.92 Å². The van der Waals surface area contributed by atoms with Gasteiger partial charge in [-0.05, 0) is 70.2 Å². The molecule has 2 fully saturated rings. The fraction of sp³-hybridized carbons (Fsp3) is 0.406. The lowest BCUT2D eigenvalue weighted by Crippen LogP contribution is -2.55. The van der Waals surface area contributed by atoms with Gasteiger partial charge in [0, 0.05) is 44.0 Å². The number of hydrogen-bond acceptors (Lipinski definition) is 9. The number of piperazine rings is 1. The lowest BCUT2D eigenvalue weighted by atomic mass is 9.85. The molecule has 1 atom stereocenters. The summed E-state index contributed by atoms with van der Waals surface area (Å²) in [4.78, 5) is 39.2. The maximum Gasteiger partial charge on any atom is 0.411 e. The van der Waals surface area contributed by atoms with E-state index >= 15 is 0 Å². The number of ether oxygens (including phenoxy) is 2. The predicted octanol–water partition coefficient (Wildman–Crippen LogP) is 4.07. The van der Waals surface area contributed by atoms with Crippen molar-refractivity contribution in [2.45, 2.75) is 36.4 Å². The number of hydrogen-bond donors (Lipinski definition) is 0. The summed E-state index contributed by atoms with van der Waals surface area (Å²) in [6.45, 7) is 6.16. The van der Waals surface area contributed by atoms with Gasteiger partial charge in [-0.25, -0.2) is 9.78 Å². The van der Waals surface area contributed by atoms with Crippen molar-refractivity contribution in [2.75, 3.05) is 57.7 Å². The highest BCUT2D eigenvalue weighted by Crippen LogP contribution is 2.51. The van der Waals surface area contributed by atoms with Crippen molar-refractivity contribution in [3.05, 3.63) is 83.6 Å². The summed E-state index contributed by atoms with van der Waals surface area (Å²) in [7, 11) is -0.893. The second-order valence-electron chi connectivity index (χ2n) is 11.6. The first-order valence-electron chi connectivity index (χ1n) is 14.8. The van der Waals surface area contributed by atoms with Crippen molar-refractivity contribution >= 4 is 52.5 Å². The number of nitrogens with zero attached hydrogens (tertiary/aromatic N) is 5. The maximum absolute atomic E-state index is 14.7. The number of para-hydroxylation sites is 1. The average Bonchev–Trinajstić information content (AvgIpc) is 3.29. The van der Waals surface area contributed by atoms with Gasteiger partial charge in [0.2, 0.25) is 5.60 Å². The molecule has 248 valence electrons. The molecule has 6 rings (SSSR count). The molecule has 0 radical (unpaired) electrons. The largest absolute Gasteiger partial charge is 0.496 e. The van der Waals surface area contributed by atoms with Gasteiger partial charge >= 0.3 is 6.09 Å². The number of piperidine rings is 1. The van der Waals surface area contributed by atoms with Gasteiger partial charge in [0.25, 0.3) is 15.9 Å². The molecule has 0 bridgehead atoms. The van der Waals surface area contributed by atoms with Crippen LogP contribution >= 0.6 is 24.8 Å². The summed E-state index contributed by atoms with van der Waals surface area (Å²) in [5.41, 5.74) is -0.799. The molecule has 0 spiro atoms. The third-order valence-electron chi connectivity index (χ3n) is 8.88. The van der Waals surface area contributed by atoms with Crippen LogP contribution < -0.4 is 9.04 Å². The number of anilines is 1. The number of sulfonamides is 1. The van der Waals surface area contributed by atoms with Crippen molar-refractivity contribution in [1.82, 2.24) is 19.7 Å². The Labute approximate surface area is 282 Å². The van der Waals surface area contributed by atoms with E-state index in [0.29, 0.717) is 36.5 Å². The van der Waals surface area contributed by atoms with Crippen molar-refractivity contribution in [3.63, 3.8) is 0 Å². The first kappa shape index (κ1) is 35.4. The standard InChI is InChI=1S/C32H37N5O6S.2ClH/c1-23-11-12-27-26(22-23)32(25-8-4-5-9-28(25)42-3,30(38)37(27)44(40,41)29-10-6-7-15-33-29)43-31(39)36-20-18-35(19-21-36)24-13-16-34(2)17-14-24;;/h4-12,15,22,24H,13-14,16-21H2,1-3H3;2*1H. The minimum Gasteiger partial charge on any atom is -0.496 e. The minimum absolute atomic E-state index is 0. The van der Waals surface area contributed by atoms with Crippen LogP contribution in [0.3, 0.4) is 0 Å². The Bertz CT molecular complexity index is 1660. The number of pyridine rings is 1. The first-order chi connectivity index (χ1) is 21.2. The van der Waals surface area contributed by atoms with E-state index in [1.165, 1.54) is 25.4 Å². The fourth-order valence-electron chi connectivity index (χ4n) is 6.48. The molecule has 14 heteroatoms. The first-order valence-corrected chi connectivity index (χ1v) is 16.3. The second-order valence-corrected chi connectivity index (χ2v) is 13.3. The smallest absolute Gasteiger partial charge is 0.411 e. The third-order valence-corrected chi connectivity index (χ3v) is 10.5. The number of benzene rings is 2. The molecule has 11 nitrogen and oxygen atoms in total. The summed E-state index contributed by atoms with van der Waals surface area (Å²) < 4.78 is 40.7. The Morgan fingerprint density at radius 3 is 2.24 bits per heavy atom. The van der Waals surface area contributed by atoms with Gasteiger partial charge in [0.15, 0.2) is 5.03 Å². The molecule has 2 aromatic carbocycles. The van der Waals surface area contributed by atoms with Crippen LogP contribution in [0.5, 0.6) is 5.75 Å². The van der Waals surface area contributed by atoms with Crippen LogP contribution in [0.2, 0.25) is 0 Å². The number of fused-ring (bicyclic) bond motifs is 1. The monoisotopic (exact) mass is 691 g/mol. The molecular formula is C32H39Cl2N5O6S. The number of rotatable bonds is 6. The van der Waals surface area contributed by atoms with E-state index in [1.54, 1.807) is 53.4 Å². The Morgan fingerprint density at radius 1 is 0.913 bits per heavy atom. The summed E-state index contributed by atoms with van der Waals surface area (Å²) in [6.07, 6.45) is 2.82. The fourth-order valence-corrected chi connectivity index (χ4v) is 7.88. The Balaban J connectivity index is 0.00000240. The zero-order valence-electron chi connectivity index (χ0n) is 26.0. The molecule has 2 amide bonds. The molecule has 3 aromatic rings. The molecule has 0 N–H and O–H groups in total. The topological polar surface area (TPSA) is 113 Å². The zero-order valence-corrected chi connectivity index (χ0v) is 28.4. The number of aromatic nitrogens is 1. The van der Waals surface area contributed by atoms with E-state index in [4.69, 9.17) is 9.47 Å². The van der Waals surface area contributed by atoms with Crippen molar-refractivity contribution in [2.24, 2.45) is 0 Å². The van der Waals surface area contributed by atoms with Gasteiger partial charge in [-0.15, -0.1) is 24.8 Å². The van der Waals surface area contributed by atoms with Gasteiger partial charge in [-0.1, -0.05) is 35.9 Å². The van der Waals surface area contributed by atoms with Gasteiger partial charge in [0.05, 0.1) is 18.4 Å². The highest BCUT2D eigenvalue weighted by Gasteiger charge is 2.61. The minimum atomic E-state index is -4.48. The summed E-state index contributed by atoms with van der Waals surface area (Å²) in [5.74, 6) is -0.656. The molecule has 3 aliphatic heterocycles. The van der Waals surface area contributed by atoms with Crippen molar-refractivity contribution in [1.29, 1.82) is 0 Å². The molecule has 0 saturated carbocycles. The molecule has 2 saturated heterocycles. The van der Waals surface area contributed by atoms with Gasteiger partial charge in [-0.2, -0.15) is 12.7 Å². The van der Waals surface area contributed by atoms with Crippen LogP contribution in [0.25, 0.3) is 0 Å². The lowest BCUT2D eigenvalue weighted by molar-refractivity contribution is -0.132. The normalized spacial score (nSPS) is 20.8. The quantitative estimate of drug-likeness (QED) is 0.378. The number of carbonyl (C=O) groups is 2. The molecule has 3 aliphatic rings. The molecule has 0 aliphatic carbocycles. The van der Waals surface area contributed by atoms with Crippen LogP contribution in [-0.4, -0.2) is 99.6 Å². The number of halogens is 2. The van der Waals surface area contributed by atoms with E-state index in [1.807, 2.05) is 6.92 Å². The van der Waals surface area contributed by atoms with Crippen LogP contribution in [0.1, 0.15) is 29.5 Å². The number of carbonyl (C=O) groups excluding carboxylic acids is 2. The van der Waals surface area contributed by atoms with Crippen LogP contribution in [-0.2, 0) is 25.2 Å². The van der Waals surface area contributed by atoms with Crippen LogP contribution in [0.15, 0.2) is 71.9 Å². The van der Waals surface area contributed by atoms with Crippen LogP contribution in [0.4, 0.5) is 10.5 Å². The van der Waals surface area contributed by atoms with Gasteiger partial charge in [0.1, 0.15) is 5.75 Å². The average molecular weight is 693 g/mol. The van der Waals surface area contributed by atoms with Gasteiger partial charge in [-0.3, -0.25) is 9.69 Å². The Kier molecular flexibility index (Phi) is 10.9. The Hall–Kier alpha value is -3.42. The molecular weight excluding hydrogens is 653 g/mol. The van der Waals surface area contributed by atoms with E-state index in [-0.39, 0.29) is 52.4 Å². The summed E-state index contributed by atoms with van der Waals surface area (Å²) >= 11 is 0. The molecule has 4 heterocycles. The second kappa shape index (κ2) is 14.1. The maximum atomic E-state index is 14.7. The van der Waals surface area contributed by atoms with E-state index < -0.39 is 27.6 Å². The molecule has 1 unspecified atom stereocenters. The third kappa shape index (κ3) is 6.16. The van der Waals surface area contributed by atoms with Gasteiger partial charge < -0.3 is 19.3 Å². The molecule has 1 aromatic heterocycles. The van der Waals surface area contributed by atoms with Crippen molar-refractivity contribution in [3.8, 4) is 5.75 Å². The highest BCUT2D eigenvalue weighted by molar-refractivity contribution is 7.93. The number of aryl methyl sites for hydroxylation is 1.